The van der Waals surface area contributed by atoms with Gasteiger partial charge in [0.05, 0.1) is 11.0 Å². The van der Waals surface area contributed by atoms with Crippen LogP contribution in [-0.4, -0.2) is 14.5 Å². The molecule has 3 unspecified atom stereocenters. The standard InChI is InChI=1S/C19H21N5/c1-11-6-5-9-16(12(11)2)24-18(21)13(10-20)17-19(24)23-15-8-4-3-7-14(15)22-17/h3-4,7-8,11-12,16H,5-6,9,21H2,1-2H3. The Balaban J connectivity index is 2.02. The zero-order chi connectivity index (χ0) is 16.8. The van der Waals surface area contributed by atoms with E-state index in [4.69, 9.17) is 10.7 Å². The maximum Gasteiger partial charge on any atom is 0.162 e. The van der Waals surface area contributed by atoms with Gasteiger partial charge in [-0.1, -0.05) is 38.8 Å². The molecular formula is C19H21N5. The van der Waals surface area contributed by atoms with E-state index in [0.717, 1.165) is 23.1 Å². The summed E-state index contributed by atoms with van der Waals surface area (Å²) in [5, 5.41) is 9.61. The van der Waals surface area contributed by atoms with Crippen molar-refractivity contribution in [3.05, 3.63) is 29.8 Å². The number of nitriles is 1. The molecule has 1 aliphatic carbocycles. The Morgan fingerprint density at radius 1 is 1.17 bits per heavy atom. The largest absolute Gasteiger partial charge is 0.384 e. The lowest BCUT2D eigenvalue weighted by Crippen LogP contribution is -2.28. The molecule has 0 radical (unpaired) electrons. The zero-order valence-corrected chi connectivity index (χ0v) is 14.0. The number of fused-ring (bicyclic) bond motifs is 2. The Hall–Kier alpha value is -2.61. The average Bonchev–Trinajstić information content (AvgIpc) is 2.86. The van der Waals surface area contributed by atoms with Gasteiger partial charge in [-0.15, -0.1) is 0 Å². The third-order valence-electron chi connectivity index (χ3n) is 5.64. The normalized spacial score (nSPS) is 24.3. The fourth-order valence-corrected chi connectivity index (χ4v) is 4.05. The molecule has 1 saturated carbocycles. The summed E-state index contributed by atoms with van der Waals surface area (Å²) in [6.45, 7) is 4.57. The Morgan fingerprint density at radius 2 is 1.88 bits per heavy atom. The quantitative estimate of drug-likeness (QED) is 0.734. The third-order valence-corrected chi connectivity index (χ3v) is 5.64. The van der Waals surface area contributed by atoms with E-state index >= 15 is 0 Å². The van der Waals surface area contributed by atoms with Crippen molar-refractivity contribution < 1.29 is 0 Å². The molecule has 1 aromatic carbocycles. The number of nitrogens with two attached hydrogens (primary N) is 1. The zero-order valence-electron chi connectivity index (χ0n) is 14.0. The molecule has 2 aromatic heterocycles. The predicted molar refractivity (Wildman–Crippen MR) is 95.4 cm³/mol. The van der Waals surface area contributed by atoms with Crippen molar-refractivity contribution >= 4 is 28.0 Å². The minimum Gasteiger partial charge on any atom is -0.384 e. The molecule has 1 aliphatic rings. The van der Waals surface area contributed by atoms with Crippen LogP contribution in [0.25, 0.3) is 22.2 Å². The second-order valence-corrected chi connectivity index (χ2v) is 6.96. The second kappa shape index (κ2) is 5.48. The molecule has 0 amide bonds. The molecule has 5 heteroatoms. The van der Waals surface area contributed by atoms with E-state index in [-0.39, 0.29) is 6.04 Å². The lowest BCUT2D eigenvalue weighted by atomic mass is 9.78. The number of rotatable bonds is 1. The summed E-state index contributed by atoms with van der Waals surface area (Å²) < 4.78 is 2.08. The van der Waals surface area contributed by atoms with Crippen LogP contribution in [-0.2, 0) is 0 Å². The van der Waals surface area contributed by atoms with Crippen LogP contribution >= 0.6 is 0 Å². The summed E-state index contributed by atoms with van der Waals surface area (Å²) >= 11 is 0. The van der Waals surface area contributed by atoms with Crippen LogP contribution in [0.1, 0.15) is 44.7 Å². The summed E-state index contributed by atoms with van der Waals surface area (Å²) in [6.07, 6.45) is 3.49. The van der Waals surface area contributed by atoms with Crippen molar-refractivity contribution in [1.82, 2.24) is 14.5 Å². The fraction of sp³-hybridized carbons (Fsp3) is 0.421. The summed E-state index contributed by atoms with van der Waals surface area (Å²) in [6, 6.07) is 10.3. The highest BCUT2D eigenvalue weighted by atomic mass is 15.1. The number of hydrogen-bond acceptors (Lipinski definition) is 4. The minimum absolute atomic E-state index is 0.272. The fourth-order valence-electron chi connectivity index (χ4n) is 4.05. The number of para-hydroxylation sites is 2. The number of hydrogen-bond donors (Lipinski definition) is 1. The van der Waals surface area contributed by atoms with Gasteiger partial charge >= 0.3 is 0 Å². The van der Waals surface area contributed by atoms with Crippen LogP contribution in [0.15, 0.2) is 24.3 Å². The number of nitrogen functional groups attached to an aromatic ring is 1. The van der Waals surface area contributed by atoms with Gasteiger partial charge < -0.3 is 10.3 Å². The van der Waals surface area contributed by atoms with Gasteiger partial charge in [0.15, 0.2) is 5.65 Å². The first-order valence-corrected chi connectivity index (χ1v) is 8.58. The van der Waals surface area contributed by atoms with E-state index in [1.807, 2.05) is 24.3 Å². The Labute approximate surface area is 141 Å². The van der Waals surface area contributed by atoms with Crippen molar-refractivity contribution in [1.29, 1.82) is 5.26 Å². The van der Waals surface area contributed by atoms with Crippen LogP contribution in [0.4, 0.5) is 5.82 Å². The molecule has 2 heterocycles. The lowest BCUT2D eigenvalue weighted by Gasteiger charge is -2.35. The first-order chi connectivity index (χ1) is 11.6. The first kappa shape index (κ1) is 14.9. The minimum atomic E-state index is 0.272. The Kier molecular flexibility index (Phi) is 3.42. The average molecular weight is 319 g/mol. The highest BCUT2D eigenvalue weighted by molar-refractivity contribution is 5.92. The smallest absolute Gasteiger partial charge is 0.162 e. The van der Waals surface area contributed by atoms with Crippen molar-refractivity contribution in [3.63, 3.8) is 0 Å². The highest BCUT2D eigenvalue weighted by Gasteiger charge is 2.32. The molecule has 3 atom stereocenters. The monoisotopic (exact) mass is 319 g/mol. The predicted octanol–water partition coefficient (Wildman–Crippen LogP) is 4.04. The van der Waals surface area contributed by atoms with Crippen molar-refractivity contribution in [2.24, 2.45) is 11.8 Å². The Morgan fingerprint density at radius 3 is 2.58 bits per heavy atom. The second-order valence-electron chi connectivity index (χ2n) is 6.96. The molecule has 2 N–H and O–H groups in total. The number of nitrogens with zero attached hydrogens (tertiary/aromatic N) is 4. The molecule has 24 heavy (non-hydrogen) atoms. The molecular weight excluding hydrogens is 298 g/mol. The Bertz CT molecular complexity index is 965. The van der Waals surface area contributed by atoms with Gasteiger partial charge in [0.2, 0.25) is 0 Å². The molecule has 0 aliphatic heterocycles. The molecule has 4 rings (SSSR count). The van der Waals surface area contributed by atoms with Crippen molar-refractivity contribution in [2.45, 2.75) is 39.2 Å². The third kappa shape index (κ3) is 2.06. The van der Waals surface area contributed by atoms with Crippen LogP contribution in [0, 0.1) is 23.2 Å². The molecule has 0 saturated heterocycles. The topological polar surface area (TPSA) is 80.5 Å². The van der Waals surface area contributed by atoms with Crippen LogP contribution < -0.4 is 5.73 Å². The first-order valence-electron chi connectivity index (χ1n) is 8.58. The van der Waals surface area contributed by atoms with Crippen molar-refractivity contribution in [3.8, 4) is 6.07 Å². The van der Waals surface area contributed by atoms with E-state index in [9.17, 15) is 5.26 Å². The summed E-state index contributed by atoms with van der Waals surface area (Å²) in [4.78, 5) is 9.49. The van der Waals surface area contributed by atoms with Crippen LogP contribution in [0.2, 0.25) is 0 Å². The summed E-state index contributed by atoms with van der Waals surface area (Å²) in [7, 11) is 0. The van der Waals surface area contributed by atoms with Gasteiger partial charge in [0.1, 0.15) is 23.0 Å². The molecule has 0 bridgehead atoms. The molecule has 0 spiro atoms. The van der Waals surface area contributed by atoms with Gasteiger partial charge in [0.25, 0.3) is 0 Å². The van der Waals surface area contributed by atoms with E-state index in [1.165, 1.54) is 12.8 Å². The van der Waals surface area contributed by atoms with Gasteiger partial charge in [-0.05, 0) is 30.4 Å². The van der Waals surface area contributed by atoms with Gasteiger partial charge in [-0.2, -0.15) is 5.26 Å². The van der Waals surface area contributed by atoms with E-state index in [1.54, 1.807) is 0 Å². The molecule has 122 valence electrons. The molecule has 1 fully saturated rings. The number of aromatic nitrogens is 3. The highest BCUT2D eigenvalue weighted by Crippen LogP contribution is 2.42. The van der Waals surface area contributed by atoms with E-state index < -0.39 is 0 Å². The SMILES string of the molecule is CC1CCCC(n2c(N)c(C#N)c3nc4ccccc4nc32)C1C. The van der Waals surface area contributed by atoms with Crippen LogP contribution in [0.3, 0.4) is 0 Å². The summed E-state index contributed by atoms with van der Waals surface area (Å²) in [5.41, 5.74) is 9.84. The molecule has 3 aromatic rings. The van der Waals surface area contributed by atoms with E-state index in [0.29, 0.717) is 28.7 Å². The lowest BCUT2D eigenvalue weighted by molar-refractivity contribution is 0.191. The summed E-state index contributed by atoms with van der Waals surface area (Å²) in [5.74, 6) is 1.64. The van der Waals surface area contributed by atoms with Crippen LogP contribution in [0.5, 0.6) is 0 Å². The maximum absolute atomic E-state index is 9.61. The van der Waals surface area contributed by atoms with E-state index in [2.05, 4.69) is 29.5 Å². The maximum atomic E-state index is 9.61. The molecule has 5 nitrogen and oxygen atoms in total. The number of anilines is 1. The number of benzene rings is 1. The van der Waals surface area contributed by atoms with Gasteiger partial charge in [-0.25, -0.2) is 9.97 Å². The van der Waals surface area contributed by atoms with Crippen molar-refractivity contribution in [2.75, 3.05) is 5.73 Å². The van der Waals surface area contributed by atoms with Gasteiger partial charge in [0, 0.05) is 6.04 Å². The van der Waals surface area contributed by atoms with Gasteiger partial charge in [-0.3, -0.25) is 0 Å².